The van der Waals surface area contributed by atoms with Crippen molar-refractivity contribution >= 4 is 17.6 Å². The summed E-state index contributed by atoms with van der Waals surface area (Å²) in [6.45, 7) is 4.17. The molecule has 2 aliphatic rings. The van der Waals surface area contributed by atoms with E-state index in [-0.39, 0.29) is 11.6 Å². The SMILES string of the molecule is O=C(CN1CCN(C(=O)Nc2ccc(F)cc2F)CC1)N1CCCC1. The van der Waals surface area contributed by atoms with Gasteiger partial charge in [0.15, 0.2) is 0 Å². The van der Waals surface area contributed by atoms with Crippen LogP contribution in [0.4, 0.5) is 19.3 Å². The van der Waals surface area contributed by atoms with Crippen LogP contribution in [0.2, 0.25) is 0 Å². The number of urea groups is 1. The highest BCUT2D eigenvalue weighted by Gasteiger charge is 2.25. The van der Waals surface area contributed by atoms with Gasteiger partial charge in [-0.05, 0) is 25.0 Å². The number of nitrogens with zero attached hydrogens (tertiary/aromatic N) is 3. The second kappa shape index (κ2) is 7.77. The molecule has 0 unspecified atom stereocenters. The van der Waals surface area contributed by atoms with Gasteiger partial charge in [-0.25, -0.2) is 13.6 Å². The van der Waals surface area contributed by atoms with Crippen LogP contribution in [0.15, 0.2) is 18.2 Å². The minimum absolute atomic E-state index is 0.0435. The Kier molecular flexibility index (Phi) is 5.47. The quantitative estimate of drug-likeness (QED) is 0.902. The van der Waals surface area contributed by atoms with E-state index in [0.717, 1.165) is 38.1 Å². The molecule has 8 heteroatoms. The van der Waals surface area contributed by atoms with Crippen molar-refractivity contribution in [3.8, 4) is 0 Å². The Morgan fingerprint density at radius 3 is 2.28 bits per heavy atom. The Morgan fingerprint density at radius 1 is 0.960 bits per heavy atom. The summed E-state index contributed by atoms with van der Waals surface area (Å²) in [5, 5.41) is 2.46. The van der Waals surface area contributed by atoms with Crippen molar-refractivity contribution < 1.29 is 18.4 Å². The standard InChI is InChI=1S/C17H22F2N4O2/c18-13-3-4-15(14(19)11-13)20-17(25)23-9-7-21(8-10-23)12-16(24)22-5-1-2-6-22/h3-4,11H,1-2,5-10,12H2,(H,20,25). The van der Waals surface area contributed by atoms with Gasteiger partial charge < -0.3 is 15.1 Å². The Labute approximate surface area is 145 Å². The molecular weight excluding hydrogens is 330 g/mol. The van der Waals surface area contributed by atoms with Gasteiger partial charge in [0.25, 0.3) is 0 Å². The van der Waals surface area contributed by atoms with Crippen molar-refractivity contribution in [2.45, 2.75) is 12.8 Å². The van der Waals surface area contributed by atoms with Crippen LogP contribution in [0.3, 0.4) is 0 Å². The second-order valence-electron chi connectivity index (χ2n) is 6.41. The molecule has 2 aliphatic heterocycles. The van der Waals surface area contributed by atoms with Crippen molar-refractivity contribution in [1.29, 1.82) is 0 Å². The van der Waals surface area contributed by atoms with Gasteiger partial charge in [0.1, 0.15) is 11.6 Å². The normalized spacial score (nSPS) is 18.5. The fourth-order valence-corrected chi connectivity index (χ4v) is 3.15. The van der Waals surface area contributed by atoms with Crippen LogP contribution in [-0.4, -0.2) is 72.5 Å². The molecule has 0 aromatic heterocycles. The summed E-state index contributed by atoms with van der Waals surface area (Å²) < 4.78 is 26.5. The van der Waals surface area contributed by atoms with E-state index in [1.54, 1.807) is 4.90 Å². The molecule has 0 radical (unpaired) electrons. The predicted molar refractivity (Wildman–Crippen MR) is 89.2 cm³/mol. The maximum absolute atomic E-state index is 13.6. The minimum atomic E-state index is -0.803. The Morgan fingerprint density at radius 2 is 1.64 bits per heavy atom. The molecule has 0 aliphatic carbocycles. The Balaban J connectivity index is 1.46. The molecule has 2 saturated heterocycles. The molecule has 0 saturated carbocycles. The highest BCUT2D eigenvalue weighted by Crippen LogP contribution is 2.16. The molecule has 3 amide bonds. The molecule has 6 nitrogen and oxygen atoms in total. The zero-order chi connectivity index (χ0) is 17.8. The third-order valence-electron chi connectivity index (χ3n) is 4.65. The van der Waals surface area contributed by atoms with Crippen LogP contribution in [-0.2, 0) is 4.79 Å². The summed E-state index contributed by atoms with van der Waals surface area (Å²) in [6, 6.07) is 2.61. The summed E-state index contributed by atoms with van der Waals surface area (Å²) in [7, 11) is 0. The number of piperazine rings is 1. The van der Waals surface area contributed by atoms with Crippen LogP contribution in [0, 0.1) is 11.6 Å². The van der Waals surface area contributed by atoms with E-state index in [1.165, 1.54) is 6.07 Å². The van der Waals surface area contributed by atoms with Gasteiger partial charge in [-0.3, -0.25) is 9.69 Å². The van der Waals surface area contributed by atoms with Gasteiger partial charge in [0.2, 0.25) is 5.91 Å². The largest absolute Gasteiger partial charge is 0.342 e. The van der Waals surface area contributed by atoms with Crippen LogP contribution in [0.5, 0.6) is 0 Å². The zero-order valence-electron chi connectivity index (χ0n) is 14.0. The highest BCUT2D eigenvalue weighted by molar-refractivity contribution is 5.89. The maximum Gasteiger partial charge on any atom is 0.322 e. The maximum atomic E-state index is 13.6. The van der Waals surface area contributed by atoms with Gasteiger partial charge in [0, 0.05) is 45.3 Å². The Bertz CT molecular complexity index is 642. The average Bonchev–Trinajstić information content (AvgIpc) is 3.13. The third kappa shape index (κ3) is 4.45. The molecule has 25 heavy (non-hydrogen) atoms. The van der Waals surface area contributed by atoms with Gasteiger partial charge in [-0.1, -0.05) is 0 Å². The number of likely N-dealkylation sites (tertiary alicyclic amines) is 1. The van der Waals surface area contributed by atoms with Crippen molar-refractivity contribution in [1.82, 2.24) is 14.7 Å². The number of carbonyl (C=O) groups excluding carboxylic acids is 2. The van der Waals surface area contributed by atoms with Crippen LogP contribution in [0.1, 0.15) is 12.8 Å². The Hall–Kier alpha value is -2.22. The molecule has 2 fully saturated rings. The molecule has 2 heterocycles. The number of benzene rings is 1. The number of halogens is 2. The summed E-state index contributed by atoms with van der Waals surface area (Å²) in [5.74, 6) is -1.35. The minimum Gasteiger partial charge on any atom is -0.342 e. The summed E-state index contributed by atoms with van der Waals surface area (Å²) >= 11 is 0. The monoisotopic (exact) mass is 352 g/mol. The fourth-order valence-electron chi connectivity index (χ4n) is 3.15. The number of anilines is 1. The number of nitrogens with one attached hydrogen (secondary N) is 1. The van der Waals surface area contributed by atoms with Gasteiger partial charge in [-0.2, -0.15) is 0 Å². The first-order valence-electron chi connectivity index (χ1n) is 8.54. The van der Waals surface area contributed by atoms with Crippen molar-refractivity contribution in [3.05, 3.63) is 29.8 Å². The van der Waals surface area contributed by atoms with Crippen molar-refractivity contribution in [2.75, 3.05) is 51.1 Å². The first-order valence-corrected chi connectivity index (χ1v) is 8.54. The summed E-state index contributed by atoms with van der Waals surface area (Å²) in [5.41, 5.74) is -0.0435. The first-order chi connectivity index (χ1) is 12.0. The molecule has 1 aromatic rings. The topological polar surface area (TPSA) is 55.9 Å². The zero-order valence-corrected chi connectivity index (χ0v) is 14.0. The average molecular weight is 352 g/mol. The molecule has 3 rings (SSSR count). The van der Waals surface area contributed by atoms with Gasteiger partial charge in [-0.15, -0.1) is 0 Å². The van der Waals surface area contributed by atoms with Crippen molar-refractivity contribution in [3.63, 3.8) is 0 Å². The highest BCUT2D eigenvalue weighted by atomic mass is 19.1. The number of hydrogen-bond donors (Lipinski definition) is 1. The van der Waals surface area contributed by atoms with E-state index >= 15 is 0 Å². The lowest BCUT2D eigenvalue weighted by atomic mass is 10.3. The lowest BCUT2D eigenvalue weighted by Gasteiger charge is -2.35. The third-order valence-corrected chi connectivity index (χ3v) is 4.65. The van der Waals surface area contributed by atoms with Gasteiger partial charge in [0.05, 0.1) is 12.2 Å². The number of hydrogen-bond acceptors (Lipinski definition) is 3. The van der Waals surface area contributed by atoms with E-state index in [0.29, 0.717) is 32.7 Å². The van der Waals surface area contributed by atoms with Crippen molar-refractivity contribution in [2.24, 2.45) is 0 Å². The number of amides is 3. The van der Waals surface area contributed by atoms with E-state index in [4.69, 9.17) is 0 Å². The van der Waals surface area contributed by atoms with E-state index < -0.39 is 17.7 Å². The fraction of sp³-hybridized carbons (Fsp3) is 0.529. The molecule has 0 spiro atoms. The molecule has 0 bridgehead atoms. The smallest absolute Gasteiger partial charge is 0.322 e. The first kappa shape index (κ1) is 17.6. The lowest BCUT2D eigenvalue weighted by Crippen LogP contribution is -2.52. The van der Waals surface area contributed by atoms with E-state index in [2.05, 4.69) is 5.32 Å². The lowest BCUT2D eigenvalue weighted by molar-refractivity contribution is -0.131. The van der Waals surface area contributed by atoms with Crippen LogP contribution in [0.25, 0.3) is 0 Å². The van der Waals surface area contributed by atoms with E-state index in [9.17, 15) is 18.4 Å². The number of rotatable bonds is 3. The molecular formula is C17H22F2N4O2. The van der Waals surface area contributed by atoms with E-state index in [1.807, 2.05) is 9.80 Å². The molecule has 136 valence electrons. The summed E-state index contributed by atoms with van der Waals surface area (Å²) in [6.07, 6.45) is 2.14. The summed E-state index contributed by atoms with van der Waals surface area (Å²) in [4.78, 5) is 29.8. The second-order valence-corrected chi connectivity index (χ2v) is 6.41. The van der Waals surface area contributed by atoms with Crippen LogP contribution < -0.4 is 5.32 Å². The molecule has 1 aromatic carbocycles. The number of carbonyl (C=O) groups is 2. The van der Waals surface area contributed by atoms with Gasteiger partial charge >= 0.3 is 6.03 Å². The van der Waals surface area contributed by atoms with Crippen LogP contribution >= 0.6 is 0 Å². The molecule has 0 atom stereocenters. The predicted octanol–water partition coefficient (Wildman–Crippen LogP) is 1.74. The molecule has 1 N–H and O–H groups in total.